The molecule has 1 atom stereocenters. The molecule has 0 aliphatic rings. The predicted molar refractivity (Wildman–Crippen MR) is 69.0 cm³/mol. The summed E-state index contributed by atoms with van der Waals surface area (Å²) in [5.41, 5.74) is 1.13. The lowest BCUT2D eigenvalue weighted by Gasteiger charge is -2.16. The van der Waals surface area contributed by atoms with Gasteiger partial charge in [0.2, 0.25) is 0 Å². The lowest BCUT2D eigenvalue weighted by atomic mass is 10.1. The van der Waals surface area contributed by atoms with Gasteiger partial charge in [-0.15, -0.1) is 0 Å². The molecule has 0 spiro atoms. The molecular formula is C13H20ClNO. The zero-order valence-electron chi connectivity index (χ0n) is 10.2. The molecule has 0 fully saturated rings. The number of hydrogen-bond donors (Lipinski definition) is 1. The molecule has 0 radical (unpaired) electrons. The summed E-state index contributed by atoms with van der Waals surface area (Å²) in [4.78, 5) is 0. The van der Waals surface area contributed by atoms with Gasteiger partial charge in [-0.1, -0.05) is 29.8 Å². The van der Waals surface area contributed by atoms with E-state index in [0.29, 0.717) is 0 Å². The molecule has 0 bridgehead atoms. The maximum absolute atomic E-state index is 6.11. The Morgan fingerprint density at radius 3 is 2.56 bits per heavy atom. The van der Waals surface area contributed by atoms with Crippen LogP contribution in [0, 0.1) is 0 Å². The van der Waals surface area contributed by atoms with Crippen LogP contribution in [0.15, 0.2) is 24.3 Å². The first kappa shape index (κ1) is 13.5. The summed E-state index contributed by atoms with van der Waals surface area (Å²) >= 11 is 6.11. The van der Waals surface area contributed by atoms with E-state index >= 15 is 0 Å². The Bertz CT molecular complexity index is 315. The highest BCUT2D eigenvalue weighted by Crippen LogP contribution is 2.21. The topological polar surface area (TPSA) is 21.3 Å². The lowest BCUT2D eigenvalue weighted by molar-refractivity contribution is 0.0796. The Balaban J connectivity index is 2.35. The number of halogens is 1. The average molecular weight is 242 g/mol. The van der Waals surface area contributed by atoms with Crippen molar-refractivity contribution < 1.29 is 4.74 Å². The Morgan fingerprint density at radius 1 is 1.25 bits per heavy atom. The van der Waals surface area contributed by atoms with Crippen LogP contribution in [-0.4, -0.2) is 19.3 Å². The first-order valence-corrected chi connectivity index (χ1v) is 6.08. The van der Waals surface area contributed by atoms with Crippen molar-refractivity contribution in [3.63, 3.8) is 0 Å². The zero-order chi connectivity index (χ0) is 12.0. The molecule has 1 N–H and O–H groups in total. The Labute approximate surface area is 103 Å². The SMILES string of the molecule is CC(C)OCCN[C@H](C)c1ccccc1Cl. The van der Waals surface area contributed by atoms with Gasteiger partial charge in [-0.05, 0) is 32.4 Å². The van der Waals surface area contributed by atoms with Crippen LogP contribution in [0.4, 0.5) is 0 Å². The van der Waals surface area contributed by atoms with Crippen LogP contribution in [0.3, 0.4) is 0 Å². The van der Waals surface area contributed by atoms with E-state index in [1.807, 2.05) is 38.1 Å². The summed E-state index contributed by atoms with van der Waals surface area (Å²) in [5.74, 6) is 0. The van der Waals surface area contributed by atoms with E-state index in [-0.39, 0.29) is 12.1 Å². The van der Waals surface area contributed by atoms with E-state index in [0.717, 1.165) is 23.7 Å². The van der Waals surface area contributed by atoms with Crippen LogP contribution < -0.4 is 5.32 Å². The van der Waals surface area contributed by atoms with Gasteiger partial charge in [-0.3, -0.25) is 0 Å². The van der Waals surface area contributed by atoms with E-state index in [1.165, 1.54) is 0 Å². The molecular weight excluding hydrogens is 222 g/mol. The minimum atomic E-state index is 0.254. The molecule has 0 amide bonds. The van der Waals surface area contributed by atoms with Gasteiger partial charge < -0.3 is 10.1 Å². The molecule has 90 valence electrons. The van der Waals surface area contributed by atoms with Gasteiger partial charge in [-0.25, -0.2) is 0 Å². The van der Waals surface area contributed by atoms with Crippen molar-refractivity contribution in [2.45, 2.75) is 32.9 Å². The zero-order valence-corrected chi connectivity index (χ0v) is 10.9. The number of ether oxygens (including phenoxy) is 1. The van der Waals surface area contributed by atoms with Crippen molar-refractivity contribution in [3.8, 4) is 0 Å². The normalized spacial score (nSPS) is 13.1. The second-order valence-corrected chi connectivity index (χ2v) is 4.52. The molecule has 0 saturated heterocycles. The number of nitrogens with one attached hydrogen (secondary N) is 1. The third-order valence-corrected chi connectivity index (χ3v) is 2.72. The van der Waals surface area contributed by atoms with E-state index in [1.54, 1.807) is 0 Å². The predicted octanol–water partition coefficient (Wildman–Crippen LogP) is 3.42. The largest absolute Gasteiger partial charge is 0.377 e. The van der Waals surface area contributed by atoms with Crippen LogP contribution >= 0.6 is 11.6 Å². The minimum absolute atomic E-state index is 0.254. The first-order valence-electron chi connectivity index (χ1n) is 5.70. The molecule has 1 aromatic carbocycles. The molecule has 0 heterocycles. The Hall–Kier alpha value is -0.570. The fourth-order valence-corrected chi connectivity index (χ4v) is 1.81. The summed E-state index contributed by atoms with van der Waals surface area (Å²) < 4.78 is 5.46. The summed E-state index contributed by atoms with van der Waals surface area (Å²) in [5, 5.41) is 4.20. The second-order valence-electron chi connectivity index (χ2n) is 4.12. The fraction of sp³-hybridized carbons (Fsp3) is 0.538. The van der Waals surface area contributed by atoms with E-state index in [9.17, 15) is 0 Å². The third kappa shape index (κ3) is 4.52. The maximum Gasteiger partial charge on any atom is 0.0594 e. The molecule has 0 saturated carbocycles. The van der Waals surface area contributed by atoms with E-state index in [4.69, 9.17) is 16.3 Å². The summed E-state index contributed by atoms with van der Waals surface area (Å²) in [7, 11) is 0. The van der Waals surface area contributed by atoms with Crippen LogP contribution in [-0.2, 0) is 4.74 Å². The molecule has 1 rings (SSSR count). The molecule has 0 aliphatic carbocycles. The highest BCUT2D eigenvalue weighted by atomic mass is 35.5. The summed E-state index contributed by atoms with van der Waals surface area (Å²) in [6.07, 6.45) is 0.289. The second kappa shape index (κ2) is 6.89. The van der Waals surface area contributed by atoms with Gasteiger partial charge in [0.1, 0.15) is 0 Å². The fourth-order valence-electron chi connectivity index (χ4n) is 1.51. The number of hydrogen-bond acceptors (Lipinski definition) is 2. The van der Waals surface area contributed by atoms with Gasteiger partial charge in [0, 0.05) is 17.6 Å². The maximum atomic E-state index is 6.11. The number of rotatable bonds is 6. The van der Waals surface area contributed by atoms with Crippen molar-refractivity contribution in [2.75, 3.05) is 13.2 Å². The molecule has 0 unspecified atom stereocenters. The molecule has 3 heteroatoms. The van der Waals surface area contributed by atoms with Gasteiger partial charge in [0.15, 0.2) is 0 Å². The van der Waals surface area contributed by atoms with E-state index in [2.05, 4.69) is 12.2 Å². The van der Waals surface area contributed by atoms with Crippen molar-refractivity contribution in [1.82, 2.24) is 5.32 Å². The molecule has 1 aromatic rings. The molecule has 0 aliphatic heterocycles. The summed E-state index contributed by atoms with van der Waals surface area (Å²) in [6, 6.07) is 8.16. The van der Waals surface area contributed by atoms with Crippen LogP contribution in [0.25, 0.3) is 0 Å². The Kier molecular flexibility index (Phi) is 5.81. The van der Waals surface area contributed by atoms with Crippen LogP contribution in [0.2, 0.25) is 5.02 Å². The van der Waals surface area contributed by atoms with Crippen molar-refractivity contribution in [2.24, 2.45) is 0 Å². The van der Waals surface area contributed by atoms with Crippen molar-refractivity contribution in [3.05, 3.63) is 34.9 Å². The van der Waals surface area contributed by atoms with E-state index < -0.39 is 0 Å². The summed E-state index contributed by atoms with van der Waals surface area (Å²) in [6.45, 7) is 7.75. The van der Waals surface area contributed by atoms with Crippen LogP contribution in [0.1, 0.15) is 32.4 Å². The molecule has 16 heavy (non-hydrogen) atoms. The molecule has 0 aromatic heterocycles. The third-order valence-electron chi connectivity index (χ3n) is 2.38. The Morgan fingerprint density at radius 2 is 1.94 bits per heavy atom. The van der Waals surface area contributed by atoms with Gasteiger partial charge in [-0.2, -0.15) is 0 Å². The average Bonchev–Trinajstić information content (AvgIpc) is 2.24. The van der Waals surface area contributed by atoms with Gasteiger partial charge in [0.25, 0.3) is 0 Å². The minimum Gasteiger partial charge on any atom is -0.377 e. The van der Waals surface area contributed by atoms with Gasteiger partial charge >= 0.3 is 0 Å². The highest BCUT2D eigenvalue weighted by Gasteiger charge is 2.07. The van der Waals surface area contributed by atoms with Crippen molar-refractivity contribution in [1.29, 1.82) is 0 Å². The standard InChI is InChI=1S/C13H20ClNO/c1-10(2)16-9-8-15-11(3)12-6-4-5-7-13(12)14/h4-7,10-11,15H,8-9H2,1-3H3/t11-/m1/s1. The van der Waals surface area contributed by atoms with Crippen molar-refractivity contribution >= 4 is 11.6 Å². The van der Waals surface area contributed by atoms with Crippen LogP contribution in [0.5, 0.6) is 0 Å². The highest BCUT2D eigenvalue weighted by molar-refractivity contribution is 6.31. The smallest absolute Gasteiger partial charge is 0.0594 e. The van der Waals surface area contributed by atoms with Gasteiger partial charge in [0.05, 0.1) is 12.7 Å². The lowest BCUT2D eigenvalue weighted by Crippen LogP contribution is -2.24. The molecule has 2 nitrogen and oxygen atoms in total. The first-order chi connectivity index (χ1) is 7.61. The monoisotopic (exact) mass is 241 g/mol. The number of benzene rings is 1. The quantitative estimate of drug-likeness (QED) is 0.771.